The Morgan fingerprint density at radius 2 is 2.20 bits per heavy atom. The summed E-state index contributed by atoms with van der Waals surface area (Å²) in [6.07, 6.45) is 1.84. The molecule has 0 aliphatic rings. The Bertz CT molecular complexity index is 487. The molecule has 0 fully saturated rings. The minimum Gasteiger partial charge on any atom is -0.287 e. The summed E-state index contributed by atoms with van der Waals surface area (Å²) in [6, 6.07) is 8.27. The van der Waals surface area contributed by atoms with E-state index in [2.05, 4.69) is 17.5 Å². The number of thiophene rings is 1. The second-order valence-electron chi connectivity index (χ2n) is 3.42. The predicted octanol–water partition coefficient (Wildman–Crippen LogP) is 3.89. The van der Waals surface area contributed by atoms with Gasteiger partial charge in [-0.15, -0.1) is 11.3 Å². The van der Waals surface area contributed by atoms with Gasteiger partial charge in [0.25, 0.3) is 0 Å². The third-order valence-electron chi connectivity index (χ3n) is 2.55. The first-order chi connectivity index (χ1) is 7.24. The third kappa shape index (κ3) is 1.94. The van der Waals surface area contributed by atoms with E-state index in [0.29, 0.717) is 0 Å². The molecule has 0 bridgehead atoms. The molecule has 2 aromatic rings. The topological polar surface area (TPSA) is 17.1 Å². The zero-order valence-electron chi connectivity index (χ0n) is 8.69. The second kappa shape index (κ2) is 4.37. The summed E-state index contributed by atoms with van der Waals surface area (Å²) in [6.45, 7) is 1.98. The van der Waals surface area contributed by atoms with Gasteiger partial charge in [0.15, 0.2) is 5.12 Å². The van der Waals surface area contributed by atoms with E-state index >= 15 is 0 Å². The molecule has 1 nitrogen and oxygen atoms in total. The van der Waals surface area contributed by atoms with Gasteiger partial charge < -0.3 is 0 Å². The maximum atomic E-state index is 11.6. The van der Waals surface area contributed by atoms with Crippen molar-refractivity contribution in [2.75, 3.05) is 6.26 Å². The molecule has 78 valence electrons. The molecule has 3 heteroatoms. The molecule has 0 aliphatic heterocycles. The average Bonchev–Trinajstić information content (AvgIpc) is 2.74. The first-order valence-corrected chi connectivity index (χ1v) is 6.88. The van der Waals surface area contributed by atoms with Gasteiger partial charge in [-0.3, -0.25) is 4.79 Å². The molecule has 0 saturated heterocycles. The van der Waals surface area contributed by atoms with Crippen LogP contribution in [0.15, 0.2) is 29.6 Å². The smallest absolute Gasteiger partial charge is 0.195 e. The van der Waals surface area contributed by atoms with Crippen LogP contribution < -0.4 is 0 Å². The van der Waals surface area contributed by atoms with Crippen LogP contribution in [0, 0.1) is 0 Å². The first-order valence-electron chi connectivity index (χ1n) is 4.78. The standard InChI is InChI=1S/C12H12OS2/c1-8(12(13)14-2)9-4-3-5-11-10(9)6-7-15-11/h3-8H,1-2H3/t8-/m1/s1. The second-order valence-corrected chi connectivity index (χ2v) is 5.18. The van der Waals surface area contributed by atoms with Gasteiger partial charge in [-0.1, -0.05) is 30.8 Å². The Morgan fingerprint density at radius 3 is 2.93 bits per heavy atom. The van der Waals surface area contributed by atoms with Gasteiger partial charge in [-0.2, -0.15) is 0 Å². The fraction of sp³-hybridized carbons (Fsp3) is 0.250. The van der Waals surface area contributed by atoms with Crippen LogP contribution in [0.1, 0.15) is 18.4 Å². The van der Waals surface area contributed by atoms with Gasteiger partial charge in [0, 0.05) is 4.70 Å². The Labute approximate surface area is 97.5 Å². The lowest BCUT2D eigenvalue weighted by atomic mass is 9.99. The maximum Gasteiger partial charge on any atom is 0.195 e. The number of rotatable bonds is 2. The zero-order valence-corrected chi connectivity index (χ0v) is 10.3. The van der Waals surface area contributed by atoms with Crippen molar-refractivity contribution in [2.24, 2.45) is 0 Å². The summed E-state index contributed by atoms with van der Waals surface area (Å²) in [5, 5.41) is 3.52. The van der Waals surface area contributed by atoms with Crippen molar-refractivity contribution in [3.8, 4) is 0 Å². The lowest BCUT2D eigenvalue weighted by Gasteiger charge is -2.10. The third-order valence-corrected chi connectivity index (χ3v) is 4.19. The van der Waals surface area contributed by atoms with Crippen molar-refractivity contribution in [3.63, 3.8) is 0 Å². The van der Waals surface area contributed by atoms with Gasteiger partial charge in [0.05, 0.1) is 5.92 Å². The number of hydrogen-bond acceptors (Lipinski definition) is 3. The van der Waals surface area contributed by atoms with Crippen molar-refractivity contribution < 1.29 is 4.79 Å². The van der Waals surface area contributed by atoms with E-state index in [9.17, 15) is 4.79 Å². The van der Waals surface area contributed by atoms with Crippen LogP contribution in [0.4, 0.5) is 0 Å². The Hall–Kier alpha value is -0.800. The summed E-state index contributed by atoms with van der Waals surface area (Å²) in [5.74, 6) is -0.0155. The molecule has 0 spiro atoms. The van der Waals surface area contributed by atoms with Gasteiger partial charge in [0.1, 0.15) is 0 Å². The van der Waals surface area contributed by atoms with E-state index in [1.54, 1.807) is 11.3 Å². The van der Waals surface area contributed by atoms with Crippen LogP contribution in [0.25, 0.3) is 10.1 Å². The van der Waals surface area contributed by atoms with Crippen LogP contribution in [0.3, 0.4) is 0 Å². The van der Waals surface area contributed by atoms with Crippen LogP contribution in [-0.2, 0) is 4.79 Å². The van der Waals surface area contributed by atoms with E-state index in [1.165, 1.54) is 21.8 Å². The van der Waals surface area contributed by atoms with Gasteiger partial charge in [-0.05, 0) is 34.7 Å². The van der Waals surface area contributed by atoms with E-state index < -0.39 is 0 Å². The maximum absolute atomic E-state index is 11.6. The van der Waals surface area contributed by atoms with Crippen molar-refractivity contribution in [1.29, 1.82) is 0 Å². The normalized spacial score (nSPS) is 12.9. The Morgan fingerprint density at radius 1 is 1.40 bits per heavy atom. The van der Waals surface area contributed by atoms with Gasteiger partial charge >= 0.3 is 0 Å². The molecule has 0 aliphatic carbocycles. The zero-order chi connectivity index (χ0) is 10.8. The summed E-state index contributed by atoms with van der Waals surface area (Å²) in [4.78, 5) is 11.6. The van der Waals surface area contributed by atoms with E-state index in [-0.39, 0.29) is 11.0 Å². The molecule has 1 aromatic carbocycles. The highest BCUT2D eigenvalue weighted by atomic mass is 32.2. The monoisotopic (exact) mass is 236 g/mol. The predicted molar refractivity (Wildman–Crippen MR) is 68.8 cm³/mol. The SMILES string of the molecule is CSC(=O)[C@H](C)c1cccc2sccc12. The van der Waals surface area contributed by atoms with Crippen molar-refractivity contribution in [1.82, 2.24) is 0 Å². The molecule has 1 aromatic heterocycles. The number of thioether (sulfide) groups is 1. The number of carbonyl (C=O) groups excluding carboxylic acids is 1. The van der Waals surface area contributed by atoms with Crippen molar-refractivity contribution in [3.05, 3.63) is 35.2 Å². The number of fused-ring (bicyclic) bond motifs is 1. The minimum absolute atomic E-state index is 0.0155. The number of benzene rings is 1. The molecule has 0 radical (unpaired) electrons. The first kappa shape index (κ1) is 10.7. The largest absolute Gasteiger partial charge is 0.287 e. The molecular formula is C12H12OS2. The Balaban J connectivity index is 2.51. The molecular weight excluding hydrogens is 224 g/mol. The molecule has 0 saturated carbocycles. The lowest BCUT2D eigenvalue weighted by molar-refractivity contribution is -0.111. The van der Waals surface area contributed by atoms with Crippen LogP contribution >= 0.6 is 23.1 Å². The number of hydrogen-bond donors (Lipinski definition) is 0. The molecule has 0 N–H and O–H groups in total. The molecule has 0 amide bonds. The molecule has 15 heavy (non-hydrogen) atoms. The van der Waals surface area contributed by atoms with Gasteiger partial charge in [-0.25, -0.2) is 0 Å². The Kier molecular flexibility index (Phi) is 3.12. The summed E-state index contributed by atoms with van der Waals surface area (Å²) >= 11 is 3.02. The van der Waals surface area contributed by atoms with Crippen LogP contribution in [0.5, 0.6) is 0 Å². The highest BCUT2D eigenvalue weighted by molar-refractivity contribution is 8.13. The molecule has 1 atom stereocenters. The molecule has 2 rings (SSSR count). The van der Waals surface area contributed by atoms with Crippen molar-refractivity contribution >= 4 is 38.3 Å². The van der Waals surface area contributed by atoms with Crippen LogP contribution in [-0.4, -0.2) is 11.4 Å². The average molecular weight is 236 g/mol. The quantitative estimate of drug-likeness (QED) is 0.786. The summed E-state index contributed by atoms with van der Waals surface area (Å²) in [7, 11) is 0. The highest BCUT2D eigenvalue weighted by Gasteiger charge is 2.16. The number of carbonyl (C=O) groups is 1. The molecule has 1 heterocycles. The lowest BCUT2D eigenvalue weighted by Crippen LogP contribution is -2.04. The fourth-order valence-electron chi connectivity index (χ4n) is 1.70. The van der Waals surface area contributed by atoms with E-state index in [0.717, 1.165) is 5.56 Å². The van der Waals surface area contributed by atoms with Gasteiger partial charge in [0.2, 0.25) is 0 Å². The van der Waals surface area contributed by atoms with E-state index in [4.69, 9.17) is 0 Å². The highest BCUT2D eigenvalue weighted by Crippen LogP contribution is 2.31. The van der Waals surface area contributed by atoms with Crippen LogP contribution in [0.2, 0.25) is 0 Å². The summed E-state index contributed by atoms with van der Waals surface area (Å²) in [5.41, 5.74) is 1.15. The summed E-state index contributed by atoms with van der Waals surface area (Å²) < 4.78 is 1.26. The minimum atomic E-state index is -0.0155. The van der Waals surface area contributed by atoms with E-state index in [1.807, 2.05) is 25.3 Å². The van der Waals surface area contributed by atoms with Crippen molar-refractivity contribution in [2.45, 2.75) is 12.8 Å². The fourth-order valence-corrected chi connectivity index (χ4v) is 3.00. The molecule has 0 unspecified atom stereocenters.